The first kappa shape index (κ1) is 11.7. The van der Waals surface area contributed by atoms with Crippen molar-refractivity contribution in [2.75, 3.05) is 5.32 Å². The molecule has 0 spiro atoms. The first-order valence-electron chi connectivity index (χ1n) is 4.27. The zero-order chi connectivity index (χ0) is 11.4. The van der Waals surface area contributed by atoms with E-state index in [0.29, 0.717) is 5.69 Å². The van der Waals surface area contributed by atoms with Crippen LogP contribution in [0, 0.1) is 6.92 Å². The maximum absolute atomic E-state index is 11.1. The van der Waals surface area contributed by atoms with E-state index in [4.69, 9.17) is 5.11 Å². The van der Waals surface area contributed by atoms with Gasteiger partial charge in [-0.1, -0.05) is 6.07 Å². The van der Waals surface area contributed by atoms with Crippen LogP contribution >= 0.6 is 15.9 Å². The molecule has 0 aromatic heterocycles. The van der Waals surface area contributed by atoms with Crippen molar-refractivity contribution in [1.82, 2.24) is 0 Å². The maximum Gasteiger partial charge on any atom is 0.312 e. The first-order valence-corrected chi connectivity index (χ1v) is 5.06. The van der Waals surface area contributed by atoms with Crippen LogP contribution in [0.4, 0.5) is 5.69 Å². The third-order valence-corrected chi connectivity index (χ3v) is 2.37. The Morgan fingerprint density at radius 3 is 2.67 bits per heavy atom. The predicted molar refractivity (Wildman–Crippen MR) is 59.8 cm³/mol. The molecule has 5 heteroatoms. The van der Waals surface area contributed by atoms with Gasteiger partial charge < -0.3 is 10.4 Å². The van der Waals surface area contributed by atoms with Crippen molar-refractivity contribution in [3.8, 4) is 0 Å². The number of aryl methyl sites for hydroxylation is 1. The average Bonchev–Trinajstić information content (AvgIpc) is 2.08. The van der Waals surface area contributed by atoms with Crippen molar-refractivity contribution in [2.24, 2.45) is 0 Å². The maximum atomic E-state index is 11.1. The van der Waals surface area contributed by atoms with Gasteiger partial charge in [0.15, 0.2) is 0 Å². The van der Waals surface area contributed by atoms with Crippen LogP contribution in [0.2, 0.25) is 0 Å². The van der Waals surface area contributed by atoms with Gasteiger partial charge in [-0.05, 0) is 40.5 Å². The van der Waals surface area contributed by atoms with Gasteiger partial charge in [0.1, 0.15) is 6.42 Å². The van der Waals surface area contributed by atoms with E-state index in [9.17, 15) is 9.59 Å². The van der Waals surface area contributed by atoms with E-state index in [0.717, 1.165) is 10.0 Å². The summed E-state index contributed by atoms with van der Waals surface area (Å²) in [4.78, 5) is 21.4. The van der Waals surface area contributed by atoms with E-state index in [2.05, 4.69) is 21.2 Å². The summed E-state index contributed by atoms with van der Waals surface area (Å²) in [6.45, 7) is 1.92. The molecule has 1 aromatic rings. The van der Waals surface area contributed by atoms with Crippen LogP contribution in [0.25, 0.3) is 0 Å². The molecule has 0 radical (unpaired) electrons. The normalized spacial score (nSPS) is 9.73. The quantitative estimate of drug-likeness (QED) is 0.829. The second-order valence-corrected chi connectivity index (χ2v) is 3.96. The molecular formula is C10H10BrNO3. The Kier molecular flexibility index (Phi) is 3.85. The minimum Gasteiger partial charge on any atom is -0.481 e. The van der Waals surface area contributed by atoms with E-state index in [-0.39, 0.29) is 0 Å². The van der Waals surface area contributed by atoms with Crippen LogP contribution < -0.4 is 5.32 Å². The molecule has 0 heterocycles. The van der Waals surface area contributed by atoms with E-state index >= 15 is 0 Å². The van der Waals surface area contributed by atoms with Gasteiger partial charge in [-0.15, -0.1) is 0 Å². The number of carboxylic acids is 1. The van der Waals surface area contributed by atoms with Crippen LogP contribution in [0.3, 0.4) is 0 Å². The number of hydrogen-bond acceptors (Lipinski definition) is 2. The number of halogens is 1. The summed E-state index contributed by atoms with van der Waals surface area (Å²) in [5.41, 5.74) is 1.63. The molecule has 1 rings (SSSR count). The molecule has 0 aliphatic rings. The van der Waals surface area contributed by atoms with E-state index in [1.54, 1.807) is 6.07 Å². The Labute approximate surface area is 95.4 Å². The number of carbonyl (C=O) groups is 2. The van der Waals surface area contributed by atoms with Gasteiger partial charge in [-0.2, -0.15) is 0 Å². The Hall–Kier alpha value is -1.36. The van der Waals surface area contributed by atoms with Gasteiger partial charge in [0, 0.05) is 4.47 Å². The lowest BCUT2D eigenvalue weighted by atomic mass is 10.2. The Bertz CT molecular complexity index is 404. The number of amides is 1. The van der Waals surface area contributed by atoms with Crippen molar-refractivity contribution < 1.29 is 14.7 Å². The fraction of sp³-hybridized carbons (Fsp3) is 0.200. The number of hydrogen-bond donors (Lipinski definition) is 2. The minimum absolute atomic E-state index is 0.527. The summed E-state index contributed by atoms with van der Waals surface area (Å²) in [6, 6.07) is 5.40. The Morgan fingerprint density at radius 2 is 2.13 bits per heavy atom. The summed E-state index contributed by atoms with van der Waals surface area (Å²) >= 11 is 3.28. The summed E-state index contributed by atoms with van der Waals surface area (Å²) in [5, 5.41) is 10.9. The molecule has 4 nitrogen and oxygen atoms in total. The van der Waals surface area contributed by atoms with Crippen molar-refractivity contribution in [1.29, 1.82) is 0 Å². The number of aliphatic carboxylic acids is 1. The average molecular weight is 272 g/mol. The van der Waals surface area contributed by atoms with Crippen molar-refractivity contribution in [3.63, 3.8) is 0 Å². The van der Waals surface area contributed by atoms with Gasteiger partial charge in [0.05, 0.1) is 5.69 Å². The van der Waals surface area contributed by atoms with Crippen molar-refractivity contribution in [3.05, 3.63) is 28.2 Å². The second-order valence-electron chi connectivity index (χ2n) is 3.10. The molecule has 80 valence electrons. The Balaban J connectivity index is 2.72. The molecule has 2 N–H and O–H groups in total. The van der Waals surface area contributed by atoms with Crippen LogP contribution in [0.5, 0.6) is 0 Å². The standard InChI is InChI=1S/C10H10BrNO3/c1-6-2-3-8(7(11)4-6)12-9(13)5-10(14)15/h2-4H,5H2,1H3,(H,12,13)(H,14,15). The third-order valence-electron chi connectivity index (χ3n) is 1.71. The number of carbonyl (C=O) groups excluding carboxylic acids is 1. The van der Waals surface area contributed by atoms with Gasteiger partial charge in [0.25, 0.3) is 0 Å². The van der Waals surface area contributed by atoms with E-state index in [1.807, 2.05) is 19.1 Å². The third kappa shape index (κ3) is 3.71. The molecular weight excluding hydrogens is 262 g/mol. The molecule has 0 atom stereocenters. The SMILES string of the molecule is Cc1ccc(NC(=O)CC(=O)O)c(Br)c1. The molecule has 0 unspecified atom stereocenters. The summed E-state index contributed by atoms with van der Waals surface area (Å²) in [7, 11) is 0. The molecule has 15 heavy (non-hydrogen) atoms. The number of benzene rings is 1. The molecule has 1 aromatic carbocycles. The van der Waals surface area contributed by atoms with Crippen LogP contribution in [0.15, 0.2) is 22.7 Å². The molecule has 0 aliphatic carbocycles. The molecule has 0 aliphatic heterocycles. The molecule has 0 saturated carbocycles. The van der Waals surface area contributed by atoms with Gasteiger partial charge in [-0.25, -0.2) is 0 Å². The predicted octanol–water partition coefficient (Wildman–Crippen LogP) is 2.17. The highest BCUT2D eigenvalue weighted by molar-refractivity contribution is 9.10. The number of anilines is 1. The summed E-state index contributed by atoms with van der Waals surface area (Å²) < 4.78 is 0.737. The van der Waals surface area contributed by atoms with Crippen molar-refractivity contribution in [2.45, 2.75) is 13.3 Å². The fourth-order valence-electron chi connectivity index (χ4n) is 1.05. The number of carboxylic acid groups (broad SMARTS) is 1. The highest BCUT2D eigenvalue weighted by Gasteiger charge is 2.09. The van der Waals surface area contributed by atoms with E-state index < -0.39 is 18.3 Å². The second kappa shape index (κ2) is 4.93. The highest BCUT2D eigenvalue weighted by Crippen LogP contribution is 2.23. The van der Waals surface area contributed by atoms with Crippen molar-refractivity contribution >= 4 is 33.5 Å². The summed E-state index contributed by atoms with van der Waals surface area (Å²) in [6.07, 6.45) is -0.527. The lowest BCUT2D eigenvalue weighted by molar-refractivity contribution is -0.139. The fourth-order valence-corrected chi connectivity index (χ4v) is 1.65. The van der Waals surface area contributed by atoms with Crippen LogP contribution in [0.1, 0.15) is 12.0 Å². The zero-order valence-corrected chi connectivity index (χ0v) is 9.67. The largest absolute Gasteiger partial charge is 0.481 e. The highest BCUT2D eigenvalue weighted by atomic mass is 79.9. The Morgan fingerprint density at radius 1 is 1.47 bits per heavy atom. The smallest absolute Gasteiger partial charge is 0.312 e. The number of rotatable bonds is 3. The zero-order valence-electron chi connectivity index (χ0n) is 8.08. The lowest BCUT2D eigenvalue weighted by Gasteiger charge is -2.06. The first-order chi connectivity index (χ1) is 6.99. The molecule has 0 bridgehead atoms. The van der Waals surface area contributed by atoms with Crippen LogP contribution in [-0.4, -0.2) is 17.0 Å². The monoisotopic (exact) mass is 271 g/mol. The molecule has 1 amide bonds. The molecule has 0 saturated heterocycles. The van der Waals surface area contributed by atoms with Gasteiger partial charge in [-0.3, -0.25) is 9.59 Å². The van der Waals surface area contributed by atoms with Crippen LogP contribution in [-0.2, 0) is 9.59 Å². The van der Waals surface area contributed by atoms with Gasteiger partial charge in [0.2, 0.25) is 5.91 Å². The minimum atomic E-state index is -1.14. The summed E-state index contributed by atoms with van der Waals surface area (Å²) in [5.74, 6) is -1.68. The number of nitrogens with one attached hydrogen (secondary N) is 1. The van der Waals surface area contributed by atoms with E-state index in [1.165, 1.54) is 0 Å². The topological polar surface area (TPSA) is 66.4 Å². The molecule has 0 fully saturated rings. The van der Waals surface area contributed by atoms with Gasteiger partial charge >= 0.3 is 5.97 Å². The lowest BCUT2D eigenvalue weighted by Crippen LogP contribution is -2.16.